The smallest absolute Gasteiger partial charge is 0.148 e. The minimum Gasteiger partial charge on any atom is -0.489 e. The lowest BCUT2D eigenvalue weighted by Gasteiger charge is -2.09. The first kappa shape index (κ1) is 16.5. The number of benzene rings is 3. The molecule has 0 spiro atoms. The standard InChI is InChI=1S/C22H18O3/c1-2-16-23-19-10-8-18(9-11-19)17-24-20-12-14-22(15-13-20)25-21-6-4-3-5-7-21/h1,3-15H,16-17H2. The number of rotatable bonds is 7. The SMILES string of the molecule is C#CCOc1ccc(COc2ccc(Oc3ccccc3)cc2)cc1. The Morgan fingerprint density at radius 2 is 1.20 bits per heavy atom. The fraction of sp³-hybridized carbons (Fsp3) is 0.0909. The van der Waals surface area contributed by atoms with Crippen molar-refractivity contribution in [3.05, 3.63) is 84.4 Å². The topological polar surface area (TPSA) is 27.7 Å². The lowest BCUT2D eigenvalue weighted by atomic mass is 10.2. The van der Waals surface area contributed by atoms with Crippen molar-refractivity contribution in [2.75, 3.05) is 6.61 Å². The predicted octanol–water partition coefficient (Wildman–Crippen LogP) is 5.07. The molecule has 124 valence electrons. The van der Waals surface area contributed by atoms with E-state index in [1.54, 1.807) is 0 Å². The van der Waals surface area contributed by atoms with E-state index in [9.17, 15) is 0 Å². The molecule has 0 bridgehead atoms. The molecule has 0 aliphatic rings. The molecule has 0 aromatic heterocycles. The summed E-state index contributed by atoms with van der Waals surface area (Å²) in [5.74, 6) is 5.56. The third kappa shape index (κ3) is 5.05. The molecule has 0 saturated heterocycles. The van der Waals surface area contributed by atoms with E-state index >= 15 is 0 Å². The highest BCUT2D eigenvalue weighted by molar-refractivity contribution is 5.35. The van der Waals surface area contributed by atoms with Gasteiger partial charge in [0.25, 0.3) is 0 Å². The fourth-order valence-corrected chi connectivity index (χ4v) is 2.20. The van der Waals surface area contributed by atoms with Crippen LogP contribution in [-0.4, -0.2) is 6.61 Å². The number of hydrogen-bond acceptors (Lipinski definition) is 3. The van der Waals surface area contributed by atoms with Gasteiger partial charge in [-0.2, -0.15) is 0 Å². The van der Waals surface area contributed by atoms with E-state index in [-0.39, 0.29) is 6.61 Å². The van der Waals surface area contributed by atoms with Crippen molar-refractivity contribution >= 4 is 0 Å². The third-order valence-electron chi connectivity index (χ3n) is 3.45. The van der Waals surface area contributed by atoms with Crippen LogP contribution in [0.2, 0.25) is 0 Å². The van der Waals surface area contributed by atoms with E-state index in [4.69, 9.17) is 20.6 Å². The molecule has 0 unspecified atom stereocenters. The third-order valence-corrected chi connectivity index (χ3v) is 3.45. The second-order valence-electron chi connectivity index (χ2n) is 5.31. The number of para-hydroxylation sites is 1. The van der Waals surface area contributed by atoms with Gasteiger partial charge in [0.15, 0.2) is 0 Å². The van der Waals surface area contributed by atoms with Crippen molar-refractivity contribution in [3.8, 4) is 35.3 Å². The van der Waals surface area contributed by atoms with Gasteiger partial charge < -0.3 is 14.2 Å². The molecule has 0 radical (unpaired) electrons. The molecular formula is C22H18O3. The Bertz CT molecular complexity index is 816. The normalized spacial score (nSPS) is 9.88. The Kier molecular flexibility index (Phi) is 5.58. The zero-order valence-corrected chi connectivity index (χ0v) is 13.7. The Balaban J connectivity index is 1.52. The van der Waals surface area contributed by atoms with Crippen LogP contribution < -0.4 is 14.2 Å². The molecule has 3 aromatic rings. The van der Waals surface area contributed by atoms with Crippen molar-refractivity contribution in [3.63, 3.8) is 0 Å². The minimum atomic E-state index is 0.271. The van der Waals surface area contributed by atoms with E-state index in [0.717, 1.165) is 28.6 Å². The van der Waals surface area contributed by atoms with Crippen molar-refractivity contribution in [1.29, 1.82) is 0 Å². The lowest BCUT2D eigenvalue weighted by Crippen LogP contribution is -1.97. The Morgan fingerprint density at radius 3 is 1.88 bits per heavy atom. The molecule has 3 rings (SSSR count). The molecule has 0 fully saturated rings. The summed E-state index contributed by atoms with van der Waals surface area (Å²) in [5, 5.41) is 0. The minimum absolute atomic E-state index is 0.271. The molecule has 0 atom stereocenters. The maximum Gasteiger partial charge on any atom is 0.148 e. The summed E-state index contributed by atoms with van der Waals surface area (Å²) in [7, 11) is 0. The van der Waals surface area contributed by atoms with Gasteiger partial charge in [0.2, 0.25) is 0 Å². The predicted molar refractivity (Wildman–Crippen MR) is 98.1 cm³/mol. The second kappa shape index (κ2) is 8.47. The van der Waals surface area contributed by atoms with E-state index in [0.29, 0.717) is 6.61 Å². The van der Waals surface area contributed by atoms with Crippen LogP contribution in [0.3, 0.4) is 0 Å². The van der Waals surface area contributed by atoms with Gasteiger partial charge in [-0.3, -0.25) is 0 Å². The maximum absolute atomic E-state index is 5.79. The van der Waals surface area contributed by atoms with Crippen LogP contribution in [0, 0.1) is 12.3 Å². The van der Waals surface area contributed by atoms with Gasteiger partial charge in [-0.15, -0.1) is 6.42 Å². The van der Waals surface area contributed by atoms with Crippen LogP contribution in [0.5, 0.6) is 23.0 Å². The first-order valence-electron chi connectivity index (χ1n) is 7.94. The van der Waals surface area contributed by atoms with Crippen molar-refractivity contribution in [2.24, 2.45) is 0 Å². The van der Waals surface area contributed by atoms with Crippen molar-refractivity contribution in [1.82, 2.24) is 0 Å². The summed E-state index contributed by atoms with van der Waals surface area (Å²) in [6, 6.07) is 24.9. The maximum atomic E-state index is 5.79. The van der Waals surface area contributed by atoms with Crippen LogP contribution in [0.4, 0.5) is 0 Å². The second-order valence-corrected chi connectivity index (χ2v) is 5.31. The average Bonchev–Trinajstić information content (AvgIpc) is 2.67. The van der Waals surface area contributed by atoms with E-state index in [1.807, 2.05) is 78.9 Å². The molecule has 0 aliphatic heterocycles. The monoisotopic (exact) mass is 330 g/mol. The molecule has 0 amide bonds. The van der Waals surface area contributed by atoms with Gasteiger partial charge in [0.1, 0.15) is 36.2 Å². The molecule has 0 heterocycles. The van der Waals surface area contributed by atoms with E-state index < -0.39 is 0 Å². The number of terminal acetylenes is 1. The Morgan fingerprint density at radius 1 is 0.640 bits per heavy atom. The average molecular weight is 330 g/mol. The van der Waals surface area contributed by atoms with Crippen molar-refractivity contribution in [2.45, 2.75) is 6.61 Å². The van der Waals surface area contributed by atoms with Crippen molar-refractivity contribution < 1.29 is 14.2 Å². The highest BCUT2D eigenvalue weighted by Crippen LogP contribution is 2.24. The largest absolute Gasteiger partial charge is 0.489 e. The number of hydrogen-bond donors (Lipinski definition) is 0. The summed E-state index contributed by atoms with van der Waals surface area (Å²) in [5.41, 5.74) is 1.05. The van der Waals surface area contributed by atoms with Gasteiger partial charge in [0.05, 0.1) is 0 Å². The molecule has 3 heteroatoms. The Labute approximate surface area is 147 Å². The highest BCUT2D eigenvalue weighted by atomic mass is 16.5. The first-order chi connectivity index (χ1) is 12.3. The van der Waals surface area contributed by atoms with Crippen LogP contribution in [-0.2, 0) is 6.61 Å². The van der Waals surface area contributed by atoms with Crippen LogP contribution in [0.15, 0.2) is 78.9 Å². The zero-order valence-electron chi connectivity index (χ0n) is 13.7. The molecule has 0 saturated carbocycles. The van der Waals surface area contributed by atoms with Crippen LogP contribution in [0.1, 0.15) is 5.56 Å². The molecule has 0 aliphatic carbocycles. The van der Waals surface area contributed by atoms with Gasteiger partial charge in [-0.25, -0.2) is 0 Å². The molecule has 3 aromatic carbocycles. The summed E-state index contributed by atoms with van der Waals surface area (Å²) in [6.45, 7) is 0.752. The summed E-state index contributed by atoms with van der Waals surface area (Å²) < 4.78 is 16.9. The summed E-state index contributed by atoms with van der Waals surface area (Å²) in [4.78, 5) is 0. The lowest BCUT2D eigenvalue weighted by molar-refractivity contribution is 0.305. The van der Waals surface area contributed by atoms with Crippen LogP contribution >= 0.6 is 0 Å². The number of ether oxygens (including phenoxy) is 3. The van der Waals surface area contributed by atoms with E-state index in [2.05, 4.69) is 5.92 Å². The summed E-state index contributed by atoms with van der Waals surface area (Å²) >= 11 is 0. The van der Waals surface area contributed by atoms with Gasteiger partial charge in [-0.05, 0) is 54.1 Å². The van der Waals surface area contributed by atoms with Gasteiger partial charge >= 0.3 is 0 Å². The van der Waals surface area contributed by atoms with Crippen LogP contribution in [0.25, 0.3) is 0 Å². The fourth-order valence-electron chi connectivity index (χ4n) is 2.20. The highest BCUT2D eigenvalue weighted by Gasteiger charge is 2.00. The molecule has 3 nitrogen and oxygen atoms in total. The zero-order chi connectivity index (χ0) is 17.3. The summed E-state index contributed by atoms with van der Waals surface area (Å²) in [6.07, 6.45) is 5.17. The quantitative estimate of drug-likeness (QED) is 0.566. The first-order valence-corrected chi connectivity index (χ1v) is 7.94. The van der Waals surface area contributed by atoms with E-state index in [1.165, 1.54) is 0 Å². The Hall–Kier alpha value is -3.38. The molecule has 0 N–H and O–H groups in total. The van der Waals surface area contributed by atoms with Gasteiger partial charge in [-0.1, -0.05) is 36.3 Å². The van der Waals surface area contributed by atoms with Gasteiger partial charge in [0, 0.05) is 0 Å². The molecule has 25 heavy (non-hydrogen) atoms. The molecular weight excluding hydrogens is 312 g/mol.